The van der Waals surface area contributed by atoms with E-state index in [4.69, 9.17) is 4.74 Å². The summed E-state index contributed by atoms with van der Waals surface area (Å²) in [6.45, 7) is 2.82. The largest absolute Gasteiger partial charge is 0.376 e. The van der Waals surface area contributed by atoms with Crippen molar-refractivity contribution in [3.63, 3.8) is 0 Å². The molecule has 1 atom stereocenters. The predicted molar refractivity (Wildman–Crippen MR) is 68.3 cm³/mol. The summed E-state index contributed by atoms with van der Waals surface area (Å²) in [5.74, 6) is -0.476. The van der Waals surface area contributed by atoms with Crippen LogP contribution >= 0.6 is 15.9 Å². The van der Waals surface area contributed by atoms with E-state index in [0.717, 1.165) is 12.1 Å². The lowest BCUT2D eigenvalue weighted by molar-refractivity contribution is 0.0102. The second-order valence-corrected chi connectivity index (χ2v) is 6.88. The molecule has 7 heteroatoms. The Labute approximate surface area is 114 Å². The van der Waals surface area contributed by atoms with Gasteiger partial charge in [-0.2, -0.15) is 4.31 Å². The van der Waals surface area contributed by atoms with E-state index in [0.29, 0.717) is 19.7 Å². The zero-order valence-electron chi connectivity index (χ0n) is 9.77. The summed E-state index contributed by atoms with van der Waals surface area (Å²) in [6, 6.07) is 3.56. The lowest BCUT2D eigenvalue weighted by Gasteiger charge is -2.30. The van der Waals surface area contributed by atoms with Crippen LogP contribution in [0.15, 0.2) is 27.6 Å². The van der Waals surface area contributed by atoms with Gasteiger partial charge in [0.2, 0.25) is 10.0 Å². The molecule has 100 valence electrons. The van der Waals surface area contributed by atoms with Crippen LogP contribution in [0.2, 0.25) is 0 Å². The highest BCUT2D eigenvalue weighted by atomic mass is 79.9. The van der Waals surface area contributed by atoms with Crippen LogP contribution in [0.4, 0.5) is 4.39 Å². The van der Waals surface area contributed by atoms with Crippen molar-refractivity contribution in [2.45, 2.75) is 17.9 Å². The molecule has 18 heavy (non-hydrogen) atoms. The molecule has 1 aliphatic rings. The summed E-state index contributed by atoms with van der Waals surface area (Å²) < 4.78 is 44.7. The van der Waals surface area contributed by atoms with Crippen molar-refractivity contribution >= 4 is 26.0 Å². The lowest BCUT2D eigenvalue weighted by atomic mass is 10.3. The Bertz CT molecular complexity index is 549. The Morgan fingerprint density at radius 3 is 2.83 bits per heavy atom. The standard InChI is InChI=1S/C11H13BrFNO3S/c1-8-7-14(4-5-17-8)18(15,16)11-3-2-9(13)6-10(11)12/h2-3,6,8H,4-5,7H2,1H3. The van der Waals surface area contributed by atoms with Crippen LogP contribution < -0.4 is 0 Å². The van der Waals surface area contributed by atoms with Gasteiger partial charge in [0.25, 0.3) is 0 Å². The van der Waals surface area contributed by atoms with Crippen LogP contribution in [-0.2, 0) is 14.8 Å². The van der Waals surface area contributed by atoms with Crippen molar-refractivity contribution in [1.29, 1.82) is 0 Å². The highest BCUT2D eigenvalue weighted by molar-refractivity contribution is 9.10. The van der Waals surface area contributed by atoms with E-state index in [1.165, 1.54) is 10.4 Å². The van der Waals surface area contributed by atoms with Gasteiger partial charge in [-0.15, -0.1) is 0 Å². The van der Waals surface area contributed by atoms with Gasteiger partial charge in [0.1, 0.15) is 5.82 Å². The molecule has 0 radical (unpaired) electrons. The topological polar surface area (TPSA) is 46.6 Å². The van der Waals surface area contributed by atoms with Crippen LogP contribution in [0.5, 0.6) is 0 Å². The van der Waals surface area contributed by atoms with Crippen molar-refractivity contribution < 1.29 is 17.5 Å². The molecular weight excluding hydrogens is 325 g/mol. The van der Waals surface area contributed by atoms with Gasteiger partial charge in [-0.05, 0) is 41.1 Å². The summed E-state index contributed by atoms with van der Waals surface area (Å²) in [6.07, 6.45) is -0.132. The van der Waals surface area contributed by atoms with E-state index in [9.17, 15) is 12.8 Å². The smallest absolute Gasteiger partial charge is 0.244 e. The van der Waals surface area contributed by atoms with Gasteiger partial charge in [-0.3, -0.25) is 0 Å². The lowest BCUT2D eigenvalue weighted by Crippen LogP contribution is -2.44. The number of rotatable bonds is 2. The minimum absolute atomic E-state index is 0.0815. The Morgan fingerprint density at radius 1 is 1.50 bits per heavy atom. The van der Waals surface area contributed by atoms with Gasteiger partial charge in [-0.25, -0.2) is 12.8 Å². The van der Waals surface area contributed by atoms with Crippen LogP contribution in [-0.4, -0.2) is 38.5 Å². The van der Waals surface area contributed by atoms with Gasteiger partial charge in [0.15, 0.2) is 0 Å². The number of nitrogens with zero attached hydrogens (tertiary/aromatic N) is 1. The molecule has 0 aliphatic carbocycles. The van der Waals surface area contributed by atoms with E-state index in [2.05, 4.69) is 15.9 Å². The second-order valence-electron chi connectivity index (χ2n) is 4.12. The maximum Gasteiger partial charge on any atom is 0.244 e. The molecule has 0 amide bonds. The first-order valence-electron chi connectivity index (χ1n) is 5.48. The third-order valence-corrected chi connectivity index (χ3v) is 5.56. The molecule has 1 saturated heterocycles. The average molecular weight is 338 g/mol. The molecule has 0 spiro atoms. The normalized spacial score (nSPS) is 22.1. The highest BCUT2D eigenvalue weighted by Crippen LogP contribution is 2.26. The maximum atomic E-state index is 13.0. The first-order valence-corrected chi connectivity index (χ1v) is 7.71. The number of hydrogen-bond acceptors (Lipinski definition) is 3. The summed E-state index contributed by atoms with van der Waals surface area (Å²) in [7, 11) is -3.60. The number of sulfonamides is 1. The fourth-order valence-corrected chi connectivity index (χ4v) is 4.34. The molecular formula is C11H13BrFNO3S. The van der Waals surface area contributed by atoms with E-state index in [-0.39, 0.29) is 15.5 Å². The third kappa shape index (κ3) is 2.74. The molecule has 0 N–H and O–H groups in total. The van der Waals surface area contributed by atoms with Gasteiger partial charge in [-0.1, -0.05) is 0 Å². The summed E-state index contributed by atoms with van der Waals surface area (Å²) in [5, 5.41) is 0. The molecule has 0 bridgehead atoms. The monoisotopic (exact) mass is 337 g/mol. The van der Waals surface area contributed by atoms with E-state index in [1.807, 2.05) is 6.92 Å². The molecule has 1 aromatic rings. The second kappa shape index (κ2) is 5.24. The Hall–Kier alpha value is -0.500. The van der Waals surface area contributed by atoms with Crippen LogP contribution in [0, 0.1) is 5.82 Å². The fourth-order valence-electron chi connectivity index (χ4n) is 1.83. The van der Waals surface area contributed by atoms with Crippen LogP contribution in [0.25, 0.3) is 0 Å². The Morgan fingerprint density at radius 2 is 2.22 bits per heavy atom. The zero-order chi connectivity index (χ0) is 13.3. The molecule has 0 aromatic heterocycles. The first-order chi connectivity index (χ1) is 8.41. The van der Waals surface area contributed by atoms with E-state index < -0.39 is 15.8 Å². The number of morpholine rings is 1. The molecule has 1 fully saturated rings. The molecule has 1 aromatic carbocycles. The minimum atomic E-state index is -3.60. The number of ether oxygens (including phenoxy) is 1. The van der Waals surface area contributed by atoms with Crippen molar-refractivity contribution in [2.24, 2.45) is 0 Å². The van der Waals surface area contributed by atoms with Crippen LogP contribution in [0.3, 0.4) is 0 Å². The average Bonchev–Trinajstić information content (AvgIpc) is 2.28. The summed E-state index contributed by atoms with van der Waals surface area (Å²) in [4.78, 5) is 0.0815. The van der Waals surface area contributed by atoms with Gasteiger partial charge in [0, 0.05) is 17.6 Å². The molecule has 1 heterocycles. The highest BCUT2D eigenvalue weighted by Gasteiger charge is 2.30. The first kappa shape index (κ1) is 13.9. The third-order valence-electron chi connectivity index (χ3n) is 2.72. The van der Waals surface area contributed by atoms with Gasteiger partial charge < -0.3 is 4.74 Å². The summed E-state index contributed by atoms with van der Waals surface area (Å²) in [5.41, 5.74) is 0. The minimum Gasteiger partial charge on any atom is -0.376 e. The zero-order valence-corrected chi connectivity index (χ0v) is 12.2. The molecule has 1 unspecified atom stereocenters. The van der Waals surface area contributed by atoms with E-state index in [1.54, 1.807) is 0 Å². The molecule has 2 rings (SSSR count). The van der Waals surface area contributed by atoms with Crippen molar-refractivity contribution in [1.82, 2.24) is 4.31 Å². The fraction of sp³-hybridized carbons (Fsp3) is 0.455. The number of hydrogen-bond donors (Lipinski definition) is 0. The number of benzene rings is 1. The Kier molecular flexibility index (Phi) is 4.05. The molecule has 4 nitrogen and oxygen atoms in total. The quantitative estimate of drug-likeness (QED) is 0.829. The predicted octanol–water partition coefficient (Wildman–Crippen LogP) is 2.00. The SMILES string of the molecule is CC1CN(S(=O)(=O)c2ccc(F)cc2Br)CCO1. The van der Waals surface area contributed by atoms with Crippen molar-refractivity contribution in [2.75, 3.05) is 19.7 Å². The molecule has 1 aliphatic heterocycles. The Balaban J connectivity index is 2.35. The van der Waals surface area contributed by atoms with E-state index >= 15 is 0 Å². The van der Waals surface area contributed by atoms with Gasteiger partial charge >= 0.3 is 0 Å². The van der Waals surface area contributed by atoms with Crippen LogP contribution in [0.1, 0.15) is 6.92 Å². The van der Waals surface area contributed by atoms with Crippen molar-refractivity contribution in [3.8, 4) is 0 Å². The maximum absolute atomic E-state index is 13.0. The number of halogens is 2. The van der Waals surface area contributed by atoms with Gasteiger partial charge in [0.05, 0.1) is 17.6 Å². The summed E-state index contributed by atoms with van der Waals surface area (Å²) >= 11 is 3.09. The molecule has 0 saturated carbocycles. The van der Waals surface area contributed by atoms with Crippen molar-refractivity contribution in [3.05, 3.63) is 28.5 Å².